The van der Waals surface area contributed by atoms with Crippen molar-refractivity contribution in [1.82, 2.24) is 0 Å². The Morgan fingerprint density at radius 3 is 2.20 bits per heavy atom. The van der Waals surface area contributed by atoms with Gasteiger partial charge in [-0.3, -0.25) is 5.41 Å². The Hall–Kier alpha value is -1.84. The van der Waals surface area contributed by atoms with Crippen molar-refractivity contribution in [2.24, 2.45) is 0 Å². The summed E-state index contributed by atoms with van der Waals surface area (Å²) in [6, 6.07) is 10.2. The highest BCUT2D eigenvalue weighted by molar-refractivity contribution is 6.33. The number of aliphatic carboxylic acids is 1. The molecule has 0 bridgehead atoms. The molecule has 0 radical (unpaired) electrons. The van der Waals surface area contributed by atoms with Crippen LogP contribution in [0.25, 0.3) is 0 Å². The van der Waals surface area contributed by atoms with Crippen molar-refractivity contribution in [1.29, 1.82) is 5.41 Å². The Bertz CT molecular complexity index is 298. The highest BCUT2D eigenvalue weighted by Crippen LogP contribution is 2.02. The third-order valence-corrected chi connectivity index (χ3v) is 1.48. The lowest BCUT2D eigenvalue weighted by Gasteiger charge is -1.99. The van der Waals surface area contributed by atoms with Crippen molar-refractivity contribution < 1.29 is 9.90 Å². The Morgan fingerprint density at radius 1 is 1.40 bits per heavy atom. The van der Waals surface area contributed by atoms with Gasteiger partial charge in [0.05, 0.1) is 0 Å². The smallest absolute Gasteiger partial charge is 0.349 e. The summed E-state index contributed by atoms with van der Waals surface area (Å²) in [5.41, 5.74) is 0.870. The maximum Gasteiger partial charge on any atom is 0.349 e. The summed E-state index contributed by atoms with van der Waals surface area (Å²) in [7, 11) is 0. The zero-order valence-electron chi connectivity index (χ0n) is 8.95. The van der Waals surface area contributed by atoms with E-state index in [4.69, 9.17) is 10.5 Å². The molecule has 82 valence electrons. The van der Waals surface area contributed by atoms with Crippen molar-refractivity contribution in [3.8, 4) is 0 Å². The van der Waals surface area contributed by atoms with Crippen molar-refractivity contribution in [3.63, 3.8) is 0 Å². The van der Waals surface area contributed by atoms with E-state index in [1.165, 1.54) is 12.6 Å². The lowest BCUT2D eigenvalue weighted by molar-refractivity contribution is -0.129. The molecule has 0 unspecified atom stereocenters. The number of anilines is 1. The minimum absolute atomic E-state index is 0.324. The van der Waals surface area contributed by atoms with Crippen LogP contribution in [0.1, 0.15) is 13.8 Å². The Balaban J connectivity index is 0.000000288. The zero-order valence-corrected chi connectivity index (χ0v) is 8.95. The van der Waals surface area contributed by atoms with Gasteiger partial charge in [-0.15, -0.1) is 0 Å². The molecular weight excluding hydrogens is 192 g/mol. The highest BCUT2D eigenvalue weighted by atomic mass is 16.4. The number of hydrogen-bond acceptors (Lipinski definition) is 3. The van der Waals surface area contributed by atoms with Crippen LogP contribution in [0.3, 0.4) is 0 Å². The number of carbonyl (C=O) groups is 1. The van der Waals surface area contributed by atoms with Gasteiger partial charge in [0.2, 0.25) is 0 Å². The van der Waals surface area contributed by atoms with E-state index >= 15 is 0 Å². The maximum absolute atomic E-state index is 9.47. The van der Waals surface area contributed by atoms with Crippen molar-refractivity contribution in [2.75, 3.05) is 11.9 Å². The Labute approximate surface area is 89.5 Å². The molecule has 1 aromatic carbocycles. The molecule has 1 rings (SSSR count). The fourth-order valence-electron chi connectivity index (χ4n) is 0.760. The molecule has 0 spiro atoms. The second kappa shape index (κ2) is 7.55. The van der Waals surface area contributed by atoms with E-state index in [0.29, 0.717) is 0 Å². The van der Waals surface area contributed by atoms with E-state index in [-0.39, 0.29) is 5.71 Å². The first-order valence-corrected chi connectivity index (χ1v) is 4.65. The standard InChI is InChI=1S/C8H11N.C3H5NO2/c1-2-9-8-6-4-3-5-7-8;1-2(4)3(5)6/h3-7,9H,2H2,1H3;4H,1H3,(H,5,6). The first-order chi connectivity index (χ1) is 7.07. The quantitative estimate of drug-likeness (QED) is 0.667. The van der Waals surface area contributed by atoms with E-state index in [1.807, 2.05) is 18.2 Å². The fraction of sp³-hybridized carbons (Fsp3) is 0.273. The lowest BCUT2D eigenvalue weighted by Crippen LogP contribution is -2.04. The van der Waals surface area contributed by atoms with E-state index in [9.17, 15) is 4.79 Å². The average Bonchev–Trinajstić information content (AvgIpc) is 2.20. The van der Waals surface area contributed by atoms with Crippen LogP contribution in [0, 0.1) is 5.41 Å². The van der Waals surface area contributed by atoms with Crippen LogP contribution in [0.4, 0.5) is 5.69 Å². The molecular formula is C11H16N2O2. The molecule has 0 heterocycles. The molecule has 0 aromatic heterocycles. The van der Waals surface area contributed by atoms with E-state index in [0.717, 1.165) is 6.54 Å². The van der Waals surface area contributed by atoms with Gasteiger partial charge in [-0.25, -0.2) is 4.79 Å². The molecule has 0 aliphatic carbocycles. The fourth-order valence-corrected chi connectivity index (χ4v) is 0.760. The first kappa shape index (κ1) is 13.2. The van der Waals surface area contributed by atoms with Gasteiger partial charge in [0.1, 0.15) is 5.71 Å². The molecule has 0 atom stereocenters. The van der Waals surface area contributed by atoms with Gasteiger partial charge in [-0.1, -0.05) is 18.2 Å². The molecule has 0 aliphatic rings. The largest absolute Gasteiger partial charge is 0.477 e. The second-order valence-electron chi connectivity index (χ2n) is 2.83. The van der Waals surface area contributed by atoms with Crippen LogP contribution in [-0.2, 0) is 4.79 Å². The van der Waals surface area contributed by atoms with Crippen LogP contribution in [0.5, 0.6) is 0 Å². The summed E-state index contributed by atoms with van der Waals surface area (Å²) >= 11 is 0. The molecule has 0 fully saturated rings. The van der Waals surface area contributed by atoms with E-state index in [2.05, 4.69) is 24.4 Å². The molecule has 3 N–H and O–H groups in total. The summed E-state index contributed by atoms with van der Waals surface area (Å²) in [5, 5.41) is 17.3. The van der Waals surface area contributed by atoms with Gasteiger partial charge in [-0.2, -0.15) is 0 Å². The monoisotopic (exact) mass is 208 g/mol. The molecule has 0 saturated carbocycles. The number of carboxylic acids is 1. The summed E-state index contributed by atoms with van der Waals surface area (Å²) in [5.74, 6) is -1.16. The lowest BCUT2D eigenvalue weighted by atomic mass is 10.3. The van der Waals surface area contributed by atoms with Crippen LogP contribution < -0.4 is 5.32 Å². The molecule has 0 aliphatic heterocycles. The molecule has 15 heavy (non-hydrogen) atoms. The number of rotatable bonds is 3. The van der Waals surface area contributed by atoms with Gasteiger partial charge >= 0.3 is 5.97 Å². The van der Waals surface area contributed by atoms with Gasteiger partial charge in [-0.05, 0) is 26.0 Å². The number of benzene rings is 1. The molecule has 4 heteroatoms. The number of para-hydroxylation sites is 1. The summed E-state index contributed by atoms with van der Waals surface area (Å²) in [4.78, 5) is 9.47. The number of hydrogen-bond donors (Lipinski definition) is 3. The normalized spacial score (nSPS) is 8.40. The molecule has 1 aromatic rings. The molecule has 0 amide bonds. The van der Waals surface area contributed by atoms with Crippen LogP contribution in [0.15, 0.2) is 30.3 Å². The summed E-state index contributed by atoms with van der Waals surface area (Å²) in [6.07, 6.45) is 0. The van der Waals surface area contributed by atoms with E-state index < -0.39 is 5.97 Å². The molecule has 0 saturated heterocycles. The third kappa shape index (κ3) is 7.25. The summed E-state index contributed by atoms with van der Waals surface area (Å²) in [6.45, 7) is 4.30. The topological polar surface area (TPSA) is 73.2 Å². The maximum atomic E-state index is 9.47. The van der Waals surface area contributed by atoms with Gasteiger partial charge < -0.3 is 10.4 Å². The van der Waals surface area contributed by atoms with Crippen LogP contribution in [-0.4, -0.2) is 23.3 Å². The van der Waals surface area contributed by atoms with Crippen LogP contribution >= 0.6 is 0 Å². The number of carboxylic acid groups (broad SMARTS) is 1. The Morgan fingerprint density at radius 2 is 1.87 bits per heavy atom. The predicted octanol–water partition coefficient (Wildman–Crippen LogP) is 2.23. The second-order valence-corrected chi connectivity index (χ2v) is 2.83. The summed E-state index contributed by atoms with van der Waals surface area (Å²) < 4.78 is 0. The van der Waals surface area contributed by atoms with E-state index in [1.54, 1.807) is 0 Å². The SMILES string of the molecule is CC(=N)C(=O)O.CCNc1ccccc1. The van der Waals surface area contributed by atoms with Gasteiger partial charge in [0, 0.05) is 12.2 Å². The van der Waals surface area contributed by atoms with Crippen molar-refractivity contribution in [2.45, 2.75) is 13.8 Å². The highest BCUT2D eigenvalue weighted by Gasteiger charge is 1.93. The number of nitrogens with one attached hydrogen (secondary N) is 2. The first-order valence-electron chi connectivity index (χ1n) is 4.65. The predicted molar refractivity (Wildman–Crippen MR) is 61.6 cm³/mol. The van der Waals surface area contributed by atoms with Crippen molar-refractivity contribution >= 4 is 17.4 Å². The minimum Gasteiger partial charge on any atom is -0.477 e. The Kier molecular flexibility index (Phi) is 6.63. The molecule has 4 nitrogen and oxygen atoms in total. The average molecular weight is 208 g/mol. The third-order valence-electron chi connectivity index (χ3n) is 1.48. The zero-order chi connectivity index (χ0) is 11.7. The van der Waals surface area contributed by atoms with Crippen molar-refractivity contribution in [3.05, 3.63) is 30.3 Å². The minimum atomic E-state index is -1.16. The van der Waals surface area contributed by atoms with Gasteiger partial charge in [0.25, 0.3) is 0 Å². The van der Waals surface area contributed by atoms with Gasteiger partial charge in [0.15, 0.2) is 0 Å². The van der Waals surface area contributed by atoms with Crippen LogP contribution in [0.2, 0.25) is 0 Å².